The molecule has 108 valence electrons. The number of rotatable bonds is 5. The van der Waals surface area contributed by atoms with Crippen LogP contribution in [-0.2, 0) is 21.0 Å². The van der Waals surface area contributed by atoms with E-state index in [4.69, 9.17) is 9.57 Å². The van der Waals surface area contributed by atoms with Crippen molar-refractivity contribution >= 4 is 12.0 Å². The Hall–Kier alpha value is -2.14. The average Bonchev–Trinajstić information content (AvgIpc) is 2.41. The first-order chi connectivity index (χ1) is 9.42. The summed E-state index contributed by atoms with van der Waals surface area (Å²) in [4.78, 5) is 27.3. The van der Waals surface area contributed by atoms with E-state index in [2.05, 4.69) is 5.59 Å². The first kappa shape index (κ1) is 15.9. The first-order valence-electron chi connectivity index (χ1n) is 6.07. The fourth-order valence-electron chi connectivity index (χ4n) is 1.14. The molecule has 0 aliphatic heterocycles. The van der Waals surface area contributed by atoms with Crippen LogP contribution < -0.4 is 5.59 Å². The van der Waals surface area contributed by atoms with Gasteiger partial charge >= 0.3 is 6.09 Å². The van der Waals surface area contributed by atoms with Crippen molar-refractivity contribution in [3.8, 4) is 0 Å². The van der Waals surface area contributed by atoms with Crippen molar-refractivity contribution in [2.75, 3.05) is 0 Å². The number of hydrogen-bond acceptors (Lipinski definition) is 5. The van der Waals surface area contributed by atoms with Gasteiger partial charge in [0.25, 0.3) is 0 Å². The first-order valence-corrected chi connectivity index (χ1v) is 6.07. The minimum Gasteiger partial charge on any atom is -0.443 e. The van der Waals surface area contributed by atoms with Crippen molar-refractivity contribution in [1.82, 2.24) is 10.6 Å². The van der Waals surface area contributed by atoms with Crippen LogP contribution in [0.15, 0.2) is 36.5 Å². The van der Waals surface area contributed by atoms with Crippen LogP contribution in [0.3, 0.4) is 0 Å². The molecule has 0 unspecified atom stereocenters. The van der Waals surface area contributed by atoms with E-state index in [1.165, 1.54) is 5.94 Å². The van der Waals surface area contributed by atoms with Crippen molar-refractivity contribution in [2.45, 2.75) is 33.0 Å². The molecule has 6 heteroatoms. The van der Waals surface area contributed by atoms with Crippen molar-refractivity contribution in [1.29, 1.82) is 0 Å². The number of benzene rings is 1. The summed E-state index contributed by atoms with van der Waals surface area (Å²) in [6.07, 6.45) is 0.0976. The molecule has 6 nitrogen and oxygen atoms in total. The Balaban J connectivity index is 2.54. The second-order valence-corrected chi connectivity index (χ2v) is 4.96. The lowest BCUT2D eigenvalue weighted by Crippen LogP contribution is -2.43. The van der Waals surface area contributed by atoms with Crippen molar-refractivity contribution < 1.29 is 19.2 Å². The summed E-state index contributed by atoms with van der Waals surface area (Å²) in [5, 5.41) is 0.793. The van der Waals surface area contributed by atoms with Crippen LogP contribution in [0.5, 0.6) is 0 Å². The lowest BCUT2D eigenvalue weighted by molar-refractivity contribution is -0.132. The van der Waals surface area contributed by atoms with E-state index in [0.717, 1.165) is 16.8 Å². The molecule has 1 N–H and O–H groups in total. The Morgan fingerprint density at radius 2 is 2.00 bits per heavy atom. The Labute approximate surface area is 117 Å². The van der Waals surface area contributed by atoms with Gasteiger partial charge in [-0.15, -0.1) is 5.59 Å². The molecule has 20 heavy (non-hydrogen) atoms. The van der Waals surface area contributed by atoms with Crippen LogP contribution in [0.4, 0.5) is 4.79 Å². The van der Waals surface area contributed by atoms with Gasteiger partial charge in [0.15, 0.2) is 0 Å². The van der Waals surface area contributed by atoms with Crippen LogP contribution in [0.25, 0.3) is 0 Å². The number of carbonyl (C=O) groups is 1. The van der Waals surface area contributed by atoms with E-state index in [0.29, 0.717) is 0 Å². The normalized spacial score (nSPS) is 10.6. The van der Waals surface area contributed by atoms with Gasteiger partial charge in [0, 0.05) is 0 Å². The third-order valence-electron chi connectivity index (χ3n) is 2.03. The van der Waals surface area contributed by atoms with Crippen molar-refractivity contribution in [3.05, 3.63) is 42.1 Å². The molecule has 1 aromatic rings. The van der Waals surface area contributed by atoms with E-state index >= 15 is 0 Å². The largest absolute Gasteiger partial charge is 0.443 e. The number of ether oxygens (including phenoxy) is 1. The van der Waals surface area contributed by atoms with Crippen LogP contribution in [0.1, 0.15) is 26.3 Å². The van der Waals surface area contributed by atoms with Gasteiger partial charge < -0.3 is 4.74 Å². The standard InChI is InChI=1S/C14H18N2O4/c1-14(2,3)20-15-16(9-10-17)13(18)19-11-12-7-5-4-6-8-12/h4-9,15H,11H2,1-3H3. The van der Waals surface area contributed by atoms with E-state index < -0.39 is 11.7 Å². The van der Waals surface area contributed by atoms with Gasteiger partial charge in [0.2, 0.25) is 0 Å². The van der Waals surface area contributed by atoms with Gasteiger partial charge in [0.1, 0.15) is 18.7 Å². The Kier molecular flexibility index (Phi) is 5.93. The minimum atomic E-state index is -0.763. The maximum atomic E-state index is 11.8. The molecule has 0 bridgehead atoms. The van der Waals surface area contributed by atoms with E-state index in [-0.39, 0.29) is 6.61 Å². The Morgan fingerprint density at radius 3 is 2.55 bits per heavy atom. The van der Waals surface area contributed by atoms with Gasteiger partial charge in [-0.25, -0.2) is 9.59 Å². The van der Waals surface area contributed by atoms with Gasteiger partial charge in [-0.3, -0.25) is 4.84 Å². The molecule has 0 aromatic heterocycles. The molecule has 0 saturated heterocycles. The number of hydrogen-bond donors (Lipinski definition) is 1. The maximum absolute atomic E-state index is 11.8. The van der Waals surface area contributed by atoms with Crippen molar-refractivity contribution in [3.63, 3.8) is 0 Å². The number of hydrazine groups is 1. The molecule has 0 radical (unpaired) electrons. The molecular formula is C14H18N2O4. The summed E-state index contributed by atoms with van der Waals surface area (Å²) in [5.41, 5.74) is 2.64. The van der Waals surface area contributed by atoms with Gasteiger partial charge in [-0.05, 0) is 26.3 Å². The maximum Gasteiger partial charge on any atom is 0.431 e. The molecule has 0 fully saturated rings. The van der Waals surface area contributed by atoms with Gasteiger partial charge in [-0.2, -0.15) is 5.01 Å². The third kappa shape index (κ3) is 6.15. The Morgan fingerprint density at radius 1 is 1.35 bits per heavy atom. The fourth-order valence-corrected chi connectivity index (χ4v) is 1.14. The molecule has 1 rings (SSSR count). The molecule has 0 saturated carbocycles. The summed E-state index contributed by atoms with van der Waals surface area (Å²) in [6.45, 7) is 5.47. The fraction of sp³-hybridized carbons (Fsp3) is 0.357. The highest BCUT2D eigenvalue weighted by Crippen LogP contribution is 2.06. The summed E-state index contributed by atoms with van der Waals surface area (Å²) in [5.74, 6) is 1.49. The molecule has 0 atom stereocenters. The van der Waals surface area contributed by atoms with Crippen LogP contribution in [0.2, 0.25) is 0 Å². The summed E-state index contributed by atoms with van der Waals surface area (Å²) in [7, 11) is 0. The number of amides is 1. The second kappa shape index (κ2) is 7.45. The van der Waals surface area contributed by atoms with Gasteiger partial charge in [0.05, 0.1) is 5.60 Å². The molecule has 1 aromatic carbocycles. The highest BCUT2D eigenvalue weighted by molar-refractivity contribution is 5.70. The van der Waals surface area contributed by atoms with Crippen LogP contribution in [0, 0.1) is 0 Å². The molecule has 1 amide bonds. The Bertz CT molecular complexity index is 476. The molecule has 0 spiro atoms. The van der Waals surface area contributed by atoms with E-state index in [9.17, 15) is 9.59 Å². The zero-order chi connectivity index (χ0) is 15.0. The molecule has 0 aliphatic rings. The summed E-state index contributed by atoms with van der Waals surface area (Å²) < 4.78 is 5.04. The predicted molar refractivity (Wildman–Crippen MR) is 72.7 cm³/mol. The smallest absolute Gasteiger partial charge is 0.431 e. The average molecular weight is 278 g/mol. The lowest BCUT2D eigenvalue weighted by atomic mass is 10.2. The molecular weight excluding hydrogens is 260 g/mol. The summed E-state index contributed by atoms with van der Waals surface area (Å²) >= 11 is 0. The third-order valence-corrected chi connectivity index (χ3v) is 2.03. The minimum absolute atomic E-state index is 0.0973. The molecule has 0 heterocycles. The number of nitrogens with zero attached hydrogens (tertiary/aromatic N) is 1. The van der Waals surface area contributed by atoms with Crippen molar-refractivity contribution in [2.24, 2.45) is 0 Å². The van der Waals surface area contributed by atoms with Crippen LogP contribution in [-0.4, -0.2) is 22.6 Å². The van der Waals surface area contributed by atoms with E-state index in [1.807, 2.05) is 30.3 Å². The predicted octanol–water partition coefficient (Wildman–Crippen LogP) is 2.21. The number of carbonyl (C=O) groups excluding carboxylic acids is 2. The topological polar surface area (TPSA) is 67.9 Å². The quantitative estimate of drug-likeness (QED) is 0.660. The monoisotopic (exact) mass is 278 g/mol. The number of nitrogens with one attached hydrogen (secondary N) is 1. The zero-order valence-electron chi connectivity index (χ0n) is 11.8. The molecule has 0 aliphatic carbocycles. The van der Waals surface area contributed by atoms with Gasteiger partial charge in [-0.1, -0.05) is 30.3 Å². The van der Waals surface area contributed by atoms with Crippen LogP contribution >= 0.6 is 0 Å². The highest BCUT2D eigenvalue weighted by Gasteiger charge is 2.17. The SMILES string of the molecule is CC(C)(C)ONN(C=C=O)C(=O)OCc1ccccc1. The summed E-state index contributed by atoms with van der Waals surface area (Å²) in [6, 6.07) is 9.20. The van der Waals surface area contributed by atoms with E-state index in [1.54, 1.807) is 20.8 Å². The lowest BCUT2D eigenvalue weighted by Gasteiger charge is -2.24. The highest BCUT2D eigenvalue weighted by atomic mass is 16.7. The second-order valence-electron chi connectivity index (χ2n) is 4.96. The zero-order valence-corrected chi connectivity index (χ0v) is 11.8.